The van der Waals surface area contributed by atoms with Crippen molar-refractivity contribution in [3.8, 4) is 11.3 Å². The van der Waals surface area contributed by atoms with Gasteiger partial charge in [-0.05, 0) is 49.3 Å². The maximum Gasteiger partial charge on any atom is 0.433 e. The number of allylic oxidation sites excluding steroid dienone is 2. The lowest BCUT2D eigenvalue weighted by atomic mass is 9.89. The molecule has 1 saturated carbocycles. The van der Waals surface area contributed by atoms with Crippen molar-refractivity contribution in [1.82, 2.24) is 15.0 Å². The van der Waals surface area contributed by atoms with Gasteiger partial charge >= 0.3 is 6.09 Å². The molecule has 41 heavy (non-hydrogen) atoms. The van der Waals surface area contributed by atoms with Crippen LogP contribution in [0.3, 0.4) is 0 Å². The third-order valence-corrected chi connectivity index (χ3v) is 7.93. The summed E-state index contributed by atoms with van der Waals surface area (Å²) in [7, 11) is 0. The first kappa shape index (κ1) is 28.8. The number of nitrogens with one attached hydrogen (secondary N) is 3. The second-order valence-corrected chi connectivity index (χ2v) is 11.0. The van der Waals surface area contributed by atoms with E-state index in [4.69, 9.17) is 22.1 Å². The van der Waals surface area contributed by atoms with E-state index in [1.165, 1.54) is 25.5 Å². The Morgan fingerprint density at radius 1 is 1.27 bits per heavy atom. The van der Waals surface area contributed by atoms with Crippen molar-refractivity contribution in [1.29, 1.82) is 0 Å². The highest BCUT2D eigenvalue weighted by Gasteiger charge is 2.28. The number of nitrogens with two attached hydrogens (primary N) is 1. The number of carboxylic acid groups (broad SMARTS) is 1. The van der Waals surface area contributed by atoms with E-state index in [2.05, 4.69) is 48.9 Å². The molecule has 3 heterocycles. The molecule has 2 aliphatic carbocycles. The Kier molecular flexibility index (Phi) is 9.38. The van der Waals surface area contributed by atoms with Crippen LogP contribution in [0.5, 0.6) is 0 Å². The zero-order chi connectivity index (χ0) is 28.8. The molecule has 1 amide bonds. The van der Waals surface area contributed by atoms with Crippen LogP contribution in [0.25, 0.3) is 11.3 Å². The summed E-state index contributed by atoms with van der Waals surface area (Å²) in [4.78, 5) is 35.2. The van der Waals surface area contributed by atoms with Crippen molar-refractivity contribution >= 4 is 34.9 Å². The van der Waals surface area contributed by atoms with Gasteiger partial charge in [0, 0.05) is 19.3 Å². The van der Waals surface area contributed by atoms with Crippen molar-refractivity contribution in [2.24, 2.45) is 16.6 Å². The summed E-state index contributed by atoms with van der Waals surface area (Å²) in [5, 5.41) is 15.3. The van der Waals surface area contributed by atoms with Crippen LogP contribution in [0, 0.1) is 5.92 Å². The van der Waals surface area contributed by atoms with E-state index in [-0.39, 0.29) is 28.7 Å². The molecule has 0 radical (unpaired) electrons. The van der Waals surface area contributed by atoms with Gasteiger partial charge < -0.3 is 31.3 Å². The third-order valence-electron chi connectivity index (χ3n) is 7.71. The summed E-state index contributed by atoms with van der Waals surface area (Å²) in [6, 6.07) is 3.17. The van der Waals surface area contributed by atoms with Gasteiger partial charge in [0.1, 0.15) is 11.4 Å². The molecule has 2 aromatic rings. The van der Waals surface area contributed by atoms with Gasteiger partial charge in [-0.1, -0.05) is 49.1 Å². The monoisotopic (exact) mass is 581 g/mol. The van der Waals surface area contributed by atoms with Gasteiger partial charge in [-0.2, -0.15) is 4.99 Å². The average Bonchev–Trinajstić information content (AvgIpc) is 2.98. The Morgan fingerprint density at radius 3 is 2.85 bits per heavy atom. The molecule has 0 aromatic carbocycles. The predicted molar refractivity (Wildman–Crippen MR) is 161 cm³/mol. The van der Waals surface area contributed by atoms with Crippen molar-refractivity contribution in [3.63, 3.8) is 0 Å². The first-order chi connectivity index (χ1) is 19.9. The molecule has 1 saturated heterocycles. The van der Waals surface area contributed by atoms with Crippen molar-refractivity contribution in [2.45, 2.75) is 51.0 Å². The molecule has 6 N–H and O–H groups in total. The fourth-order valence-corrected chi connectivity index (χ4v) is 5.78. The number of morpholine rings is 1. The number of nitrogens with zero attached hydrogens (tertiary/aromatic N) is 3. The second kappa shape index (κ2) is 13.3. The first-order valence-electron chi connectivity index (χ1n) is 14.1. The molecule has 0 bridgehead atoms. The highest BCUT2D eigenvalue weighted by molar-refractivity contribution is 6.30. The Hall–Kier alpha value is -3.67. The summed E-state index contributed by atoms with van der Waals surface area (Å²) < 4.78 is 5.84. The summed E-state index contributed by atoms with van der Waals surface area (Å²) in [5.41, 5.74) is 12.3. The number of amides is 1. The van der Waals surface area contributed by atoms with Gasteiger partial charge in [-0.3, -0.25) is 4.79 Å². The van der Waals surface area contributed by atoms with Gasteiger partial charge in [0.25, 0.3) is 5.56 Å². The first-order valence-corrected chi connectivity index (χ1v) is 14.5. The van der Waals surface area contributed by atoms with Crippen LogP contribution >= 0.6 is 11.6 Å². The normalized spacial score (nSPS) is 20.5. The molecular formula is C29H36ClN7O4. The number of hydrazine groups is 1. The topological polar surface area (TPSA) is 158 Å². The summed E-state index contributed by atoms with van der Waals surface area (Å²) in [6.07, 6.45) is 14.3. The van der Waals surface area contributed by atoms with E-state index in [1.807, 2.05) is 0 Å². The van der Waals surface area contributed by atoms with E-state index < -0.39 is 6.09 Å². The molecule has 12 heteroatoms. The number of carbonyl (C=O) groups is 1. The van der Waals surface area contributed by atoms with Gasteiger partial charge in [-0.15, -0.1) is 0 Å². The molecule has 0 unspecified atom stereocenters. The van der Waals surface area contributed by atoms with Crippen LogP contribution in [0.15, 0.2) is 51.9 Å². The van der Waals surface area contributed by atoms with E-state index >= 15 is 0 Å². The number of aromatic nitrogens is 2. The highest BCUT2D eigenvalue weighted by atomic mass is 35.5. The quantitative estimate of drug-likeness (QED) is 0.219. The number of rotatable bonds is 8. The van der Waals surface area contributed by atoms with E-state index in [0.717, 1.165) is 31.3 Å². The summed E-state index contributed by atoms with van der Waals surface area (Å²) in [6.45, 7) is 2.34. The number of anilines is 2. The lowest BCUT2D eigenvalue weighted by Gasteiger charge is -2.38. The van der Waals surface area contributed by atoms with Crippen LogP contribution in [0.2, 0.25) is 5.02 Å². The maximum atomic E-state index is 13.0. The number of halogens is 1. The molecule has 218 valence electrons. The van der Waals surface area contributed by atoms with Crippen molar-refractivity contribution in [2.75, 3.05) is 37.0 Å². The molecule has 3 aliphatic rings. The molecular weight excluding hydrogens is 546 g/mol. The van der Waals surface area contributed by atoms with Gasteiger partial charge in [0.05, 0.1) is 41.2 Å². The number of amidine groups is 1. The third kappa shape index (κ3) is 7.16. The van der Waals surface area contributed by atoms with Crippen LogP contribution in [0.4, 0.5) is 16.2 Å². The van der Waals surface area contributed by atoms with Crippen LogP contribution in [0.1, 0.15) is 50.6 Å². The molecule has 5 rings (SSSR count). The van der Waals surface area contributed by atoms with Crippen LogP contribution < -0.4 is 22.0 Å². The minimum absolute atomic E-state index is 0.0498. The highest BCUT2D eigenvalue weighted by Crippen LogP contribution is 2.36. The smallest absolute Gasteiger partial charge is 0.433 e. The number of hydrogen-bond donors (Lipinski definition) is 5. The zero-order valence-electron chi connectivity index (χ0n) is 22.9. The van der Waals surface area contributed by atoms with E-state index in [0.29, 0.717) is 54.3 Å². The van der Waals surface area contributed by atoms with E-state index in [9.17, 15) is 14.7 Å². The van der Waals surface area contributed by atoms with Gasteiger partial charge in [0.15, 0.2) is 5.84 Å². The Labute approximate surface area is 243 Å². The second-order valence-electron chi connectivity index (χ2n) is 10.6. The number of aromatic amines is 1. The average molecular weight is 582 g/mol. The molecule has 0 spiro atoms. The molecule has 2 aromatic heterocycles. The SMILES string of the molecule is N/C(=N\C(=O)O)c1cc(NN2CCOC[C@H]2C2=CCCC=C2)c(NCC2CCCCC2)c(-c2cc(Cl)c[nH]c2=O)n1. The number of H-pyrrole nitrogens is 1. The molecule has 1 atom stereocenters. The number of ether oxygens (including phenoxy) is 1. The number of aliphatic imine (C=N–C) groups is 1. The summed E-state index contributed by atoms with van der Waals surface area (Å²) >= 11 is 6.29. The lowest BCUT2D eigenvalue weighted by molar-refractivity contribution is 0.0197. The largest absolute Gasteiger partial charge is 0.463 e. The molecule has 11 nitrogen and oxygen atoms in total. The number of hydrogen-bond acceptors (Lipinski definition) is 7. The van der Waals surface area contributed by atoms with Crippen molar-refractivity contribution < 1.29 is 14.6 Å². The van der Waals surface area contributed by atoms with Crippen LogP contribution in [-0.4, -0.2) is 64.4 Å². The Morgan fingerprint density at radius 2 is 2.10 bits per heavy atom. The predicted octanol–water partition coefficient (Wildman–Crippen LogP) is 4.77. The van der Waals surface area contributed by atoms with Gasteiger partial charge in [0.2, 0.25) is 0 Å². The zero-order valence-corrected chi connectivity index (χ0v) is 23.6. The van der Waals surface area contributed by atoms with Gasteiger partial charge in [-0.25, -0.2) is 14.8 Å². The minimum Gasteiger partial charge on any atom is -0.463 e. The Bertz CT molecular complexity index is 1410. The number of pyridine rings is 2. The standard InChI is InChI=1S/C29H36ClN7O4/c30-20-13-21(28(38)33-16-20)25-26(32-15-18-7-3-1-4-8-18)22(14-23(34-25)27(31)35-29(39)40)36-37-11-12-41-17-24(37)19-9-5-2-6-10-19/h5,9-10,13-14,16,18,24,32H,1-4,6-8,11-12,15,17H2,(H2,31,35)(H,33,38)(H,34,36)(H,39,40)/t24-/m0/s1. The maximum absolute atomic E-state index is 13.0. The van der Waals surface area contributed by atoms with Crippen molar-refractivity contribution in [3.05, 3.63) is 63.2 Å². The minimum atomic E-state index is -1.44. The van der Waals surface area contributed by atoms with E-state index in [1.54, 1.807) is 12.1 Å². The van der Waals surface area contributed by atoms with Crippen LogP contribution in [-0.2, 0) is 4.74 Å². The Balaban J connectivity index is 1.62. The summed E-state index contributed by atoms with van der Waals surface area (Å²) in [5.74, 6) is 0.199. The fourth-order valence-electron chi connectivity index (χ4n) is 5.62. The molecule has 2 fully saturated rings. The molecule has 1 aliphatic heterocycles. The fraction of sp³-hybridized carbons (Fsp3) is 0.448. The lowest BCUT2D eigenvalue weighted by Crippen LogP contribution is -2.49.